The van der Waals surface area contributed by atoms with Crippen LogP contribution in [0, 0.1) is 6.92 Å². The van der Waals surface area contributed by atoms with Crippen molar-refractivity contribution in [1.82, 2.24) is 5.32 Å². The number of hydrogen-bond acceptors (Lipinski definition) is 4. The Balaban J connectivity index is 2.49. The molecular weight excluding hydrogens is 254 g/mol. The van der Waals surface area contributed by atoms with Crippen molar-refractivity contribution in [3.63, 3.8) is 0 Å². The van der Waals surface area contributed by atoms with Gasteiger partial charge in [-0.2, -0.15) is 0 Å². The summed E-state index contributed by atoms with van der Waals surface area (Å²) < 4.78 is 5.23. The van der Waals surface area contributed by atoms with Gasteiger partial charge in [0.15, 0.2) is 0 Å². The molecule has 1 aromatic carbocycles. The van der Waals surface area contributed by atoms with Gasteiger partial charge in [-0.05, 0) is 44.9 Å². The van der Waals surface area contributed by atoms with Crippen molar-refractivity contribution in [2.24, 2.45) is 0 Å². The first-order valence-corrected chi connectivity index (χ1v) is 6.84. The van der Waals surface area contributed by atoms with Crippen LogP contribution in [0.2, 0.25) is 0 Å². The minimum absolute atomic E-state index is 0.00825. The van der Waals surface area contributed by atoms with Gasteiger partial charge in [-0.3, -0.25) is 0 Å². The average Bonchev–Trinajstić information content (AvgIpc) is 2.41. The molecule has 0 radical (unpaired) electrons. The smallest absolute Gasteiger partial charge is 0.336 e. The minimum atomic E-state index is -0.391. The van der Waals surface area contributed by atoms with Gasteiger partial charge in [-0.1, -0.05) is 6.92 Å². The Morgan fingerprint density at radius 1 is 1.35 bits per heavy atom. The van der Waals surface area contributed by atoms with Gasteiger partial charge in [0.1, 0.15) is 11.3 Å². The highest BCUT2D eigenvalue weighted by molar-refractivity contribution is 5.84. The summed E-state index contributed by atoms with van der Waals surface area (Å²) in [7, 11) is 0. The van der Waals surface area contributed by atoms with Crippen molar-refractivity contribution in [3.05, 3.63) is 39.7 Å². The maximum absolute atomic E-state index is 11.7. The molecule has 0 spiro atoms. The summed E-state index contributed by atoms with van der Waals surface area (Å²) >= 11 is 0. The lowest BCUT2D eigenvalue weighted by molar-refractivity contribution is 0.374. The van der Waals surface area contributed by atoms with Crippen molar-refractivity contribution in [2.75, 3.05) is 0 Å². The fraction of sp³-hybridized carbons (Fsp3) is 0.438. The summed E-state index contributed by atoms with van der Waals surface area (Å²) in [5.74, 6) is 0.139. The van der Waals surface area contributed by atoms with Gasteiger partial charge < -0.3 is 14.8 Å². The van der Waals surface area contributed by atoms with E-state index in [-0.39, 0.29) is 11.3 Å². The maximum atomic E-state index is 11.7. The Bertz CT molecular complexity index is 686. The minimum Gasteiger partial charge on any atom is -0.508 e. The van der Waals surface area contributed by atoms with E-state index in [9.17, 15) is 9.90 Å². The SMILES string of the molecule is CCC(C)(C)NCc1cc(=O)oc2c(C)c(O)ccc12. The average molecular weight is 275 g/mol. The zero-order valence-electron chi connectivity index (χ0n) is 12.4. The topological polar surface area (TPSA) is 62.5 Å². The van der Waals surface area contributed by atoms with Gasteiger partial charge >= 0.3 is 5.63 Å². The molecule has 0 bridgehead atoms. The van der Waals surface area contributed by atoms with Crippen molar-refractivity contribution in [1.29, 1.82) is 0 Å². The molecule has 0 unspecified atom stereocenters. The molecule has 4 nitrogen and oxygen atoms in total. The van der Waals surface area contributed by atoms with Crippen LogP contribution in [0.1, 0.15) is 38.3 Å². The van der Waals surface area contributed by atoms with E-state index in [1.54, 1.807) is 19.1 Å². The van der Waals surface area contributed by atoms with Gasteiger partial charge in [0, 0.05) is 29.1 Å². The van der Waals surface area contributed by atoms with Crippen LogP contribution in [-0.4, -0.2) is 10.6 Å². The molecule has 2 aromatic rings. The predicted octanol–water partition coefficient (Wildman–Crippen LogP) is 3.09. The fourth-order valence-electron chi connectivity index (χ4n) is 2.02. The number of rotatable bonds is 4. The normalized spacial score (nSPS) is 12.0. The third kappa shape index (κ3) is 2.85. The Labute approximate surface area is 118 Å². The zero-order valence-corrected chi connectivity index (χ0v) is 12.4. The molecular formula is C16H21NO3. The summed E-state index contributed by atoms with van der Waals surface area (Å²) in [6.45, 7) is 8.70. The highest BCUT2D eigenvalue weighted by atomic mass is 16.4. The third-order valence-electron chi connectivity index (χ3n) is 3.86. The molecule has 0 aliphatic rings. The highest BCUT2D eigenvalue weighted by Gasteiger charge is 2.16. The molecule has 0 saturated heterocycles. The highest BCUT2D eigenvalue weighted by Crippen LogP contribution is 2.27. The molecule has 108 valence electrons. The van der Waals surface area contributed by atoms with Gasteiger partial charge in [0.2, 0.25) is 0 Å². The molecule has 0 amide bonds. The monoisotopic (exact) mass is 275 g/mol. The van der Waals surface area contributed by atoms with Crippen LogP contribution in [0.4, 0.5) is 0 Å². The van der Waals surface area contributed by atoms with Gasteiger partial charge in [0.05, 0.1) is 0 Å². The third-order valence-corrected chi connectivity index (χ3v) is 3.86. The van der Waals surface area contributed by atoms with Crippen LogP contribution in [0.25, 0.3) is 11.0 Å². The van der Waals surface area contributed by atoms with Crippen LogP contribution in [0.3, 0.4) is 0 Å². The molecule has 2 N–H and O–H groups in total. The lowest BCUT2D eigenvalue weighted by Gasteiger charge is -2.24. The molecule has 0 aliphatic carbocycles. The molecule has 0 saturated carbocycles. The van der Waals surface area contributed by atoms with E-state index < -0.39 is 5.63 Å². The first kappa shape index (κ1) is 14.6. The molecule has 20 heavy (non-hydrogen) atoms. The van der Waals surface area contributed by atoms with E-state index in [2.05, 4.69) is 26.1 Å². The molecule has 0 aliphatic heterocycles. The zero-order chi connectivity index (χ0) is 14.9. The molecule has 0 fully saturated rings. The Hall–Kier alpha value is -1.81. The van der Waals surface area contributed by atoms with Crippen LogP contribution in [-0.2, 0) is 6.54 Å². The van der Waals surface area contributed by atoms with Crippen molar-refractivity contribution in [2.45, 2.75) is 46.2 Å². The number of phenolic OH excluding ortho intramolecular Hbond substituents is 1. The second-order valence-corrected chi connectivity index (χ2v) is 5.77. The first-order chi connectivity index (χ1) is 9.34. The van der Waals surface area contributed by atoms with E-state index in [1.807, 2.05) is 0 Å². The van der Waals surface area contributed by atoms with Gasteiger partial charge in [-0.25, -0.2) is 4.79 Å². The van der Waals surface area contributed by atoms with E-state index in [0.717, 1.165) is 17.4 Å². The summed E-state index contributed by atoms with van der Waals surface area (Å²) in [6, 6.07) is 4.93. The van der Waals surface area contributed by atoms with Crippen molar-refractivity contribution in [3.8, 4) is 5.75 Å². The number of fused-ring (bicyclic) bond motifs is 1. The first-order valence-electron chi connectivity index (χ1n) is 6.84. The van der Waals surface area contributed by atoms with Crippen molar-refractivity contribution < 1.29 is 9.52 Å². The number of nitrogens with one attached hydrogen (secondary N) is 1. The lowest BCUT2D eigenvalue weighted by atomic mass is 10.0. The second-order valence-electron chi connectivity index (χ2n) is 5.77. The number of benzene rings is 1. The van der Waals surface area contributed by atoms with E-state index >= 15 is 0 Å². The molecule has 1 heterocycles. The Kier molecular flexibility index (Phi) is 3.86. The molecule has 2 rings (SSSR count). The van der Waals surface area contributed by atoms with Crippen LogP contribution >= 0.6 is 0 Å². The summed E-state index contributed by atoms with van der Waals surface area (Å²) in [5.41, 5.74) is 1.56. The molecule has 1 aromatic heterocycles. The quantitative estimate of drug-likeness (QED) is 0.842. The van der Waals surface area contributed by atoms with Gasteiger partial charge in [0.25, 0.3) is 0 Å². The standard InChI is InChI=1S/C16H21NO3/c1-5-16(3,4)17-9-11-8-14(19)20-15-10(2)13(18)7-6-12(11)15/h6-8,17-18H,5,9H2,1-4H3. The maximum Gasteiger partial charge on any atom is 0.336 e. The molecule has 0 atom stereocenters. The predicted molar refractivity (Wildman–Crippen MR) is 80.1 cm³/mol. The number of phenols is 1. The largest absolute Gasteiger partial charge is 0.508 e. The number of aryl methyl sites for hydroxylation is 1. The summed E-state index contributed by atoms with van der Waals surface area (Å²) in [5, 5.41) is 14.0. The second kappa shape index (κ2) is 5.29. The Morgan fingerprint density at radius 2 is 2.05 bits per heavy atom. The van der Waals surface area contributed by atoms with Crippen LogP contribution in [0.15, 0.2) is 27.4 Å². The molecule has 4 heteroatoms. The van der Waals surface area contributed by atoms with E-state index in [4.69, 9.17) is 4.42 Å². The summed E-state index contributed by atoms with van der Waals surface area (Å²) in [4.78, 5) is 11.7. The van der Waals surface area contributed by atoms with E-state index in [1.165, 1.54) is 6.07 Å². The number of aromatic hydroxyl groups is 1. The van der Waals surface area contributed by atoms with Crippen LogP contribution in [0.5, 0.6) is 5.75 Å². The fourth-order valence-corrected chi connectivity index (χ4v) is 2.02. The van der Waals surface area contributed by atoms with Gasteiger partial charge in [-0.15, -0.1) is 0 Å². The summed E-state index contributed by atoms with van der Waals surface area (Å²) in [6.07, 6.45) is 0.992. The lowest BCUT2D eigenvalue weighted by Crippen LogP contribution is -2.38. The number of hydrogen-bond donors (Lipinski definition) is 2. The Morgan fingerprint density at radius 3 is 2.70 bits per heavy atom. The van der Waals surface area contributed by atoms with Crippen molar-refractivity contribution >= 4 is 11.0 Å². The van der Waals surface area contributed by atoms with E-state index in [0.29, 0.717) is 17.7 Å². The van der Waals surface area contributed by atoms with Crippen LogP contribution < -0.4 is 10.9 Å².